The zero-order chi connectivity index (χ0) is 18.7. The number of rotatable bonds is 5. The summed E-state index contributed by atoms with van der Waals surface area (Å²) in [5.41, 5.74) is 0.201. The Bertz CT molecular complexity index is 787. The van der Waals surface area contributed by atoms with Gasteiger partial charge in [-0.05, 0) is 50.3 Å². The Hall–Kier alpha value is -1.93. The van der Waals surface area contributed by atoms with Crippen LogP contribution in [0.4, 0.5) is 0 Å². The molecule has 2 fully saturated rings. The number of carboxylic acid groups (broad SMARTS) is 1. The number of nitrogens with one attached hydrogen (secondary N) is 1. The highest BCUT2D eigenvalue weighted by molar-refractivity contribution is 7.89. The molecule has 0 bridgehead atoms. The van der Waals surface area contributed by atoms with Crippen LogP contribution in [-0.4, -0.2) is 48.9 Å². The molecular formula is C18H24N2O5S. The summed E-state index contributed by atoms with van der Waals surface area (Å²) >= 11 is 0. The summed E-state index contributed by atoms with van der Waals surface area (Å²) < 4.78 is 27.9. The largest absolute Gasteiger partial charge is 0.480 e. The van der Waals surface area contributed by atoms with Crippen LogP contribution >= 0.6 is 0 Å². The van der Waals surface area contributed by atoms with Gasteiger partial charge in [0.1, 0.15) is 6.04 Å². The molecular weight excluding hydrogens is 356 g/mol. The summed E-state index contributed by atoms with van der Waals surface area (Å²) in [5, 5.41) is 9.35. The number of benzene rings is 1. The monoisotopic (exact) mass is 380 g/mol. The van der Waals surface area contributed by atoms with Crippen molar-refractivity contribution in [2.24, 2.45) is 0 Å². The van der Waals surface area contributed by atoms with Crippen molar-refractivity contribution in [3.05, 3.63) is 29.8 Å². The third kappa shape index (κ3) is 4.07. The van der Waals surface area contributed by atoms with Crippen LogP contribution in [0.2, 0.25) is 0 Å². The van der Waals surface area contributed by atoms with Gasteiger partial charge >= 0.3 is 5.97 Å². The van der Waals surface area contributed by atoms with Gasteiger partial charge in [-0.1, -0.05) is 18.9 Å². The molecule has 8 heteroatoms. The highest BCUT2D eigenvalue weighted by atomic mass is 32.2. The highest BCUT2D eigenvalue weighted by Crippen LogP contribution is 2.23. The number of hydrogen-bond acceptors (Lipinski definition) is 4. The standard InChI is InChI=1S/C18H24N2O5S/c21-17(20-11-4-3-10-16(20)18(22)23)13-6-5-9-15(12-13)26(24,25)19-14-7-1-2-8-14/h5-6,9,12,14,16,19H,1-4,7-8,10-11H2,(H,22,23)/t16-/m0/s1. The number of piperidine rings is 1. The van der Waals surface area contributed by atoms with E-state index in [4.69, 9.17) is 0 Å². The van der Waals surface area contributed by atoms with Crippen molar-refractivity contribution in [1.29, 1.82) is 0 Å². The van der Waals surface area contributed by atoms with E-state index in [2.05, 4.69) is 4.72 Å². The van der Waals surface area contributed by atoms with Gasteiger partial charge in [-0.15, -0.1) is 0 Å². The van der Waals surface area contributed by atoms with Crippen LogP contribution in [-0.2, 0) is 14.8 Å². The van der Waals surface area contributed by atoms with Crippen molar-refractivity contribution in [2.75, 3.05) is 6.54 Å². The lowest BCUT2D eigenvalue weighted by molar-refractivity contribution is -0.143. The van der Waals surface area contributed by atoms with Crippen molar-refractivity contribution < 1.29 is 23.1 Å². The van der Waals surface area contributed by atoms with Crippen molar-refractivity contribution >= 4 is 21.9 Å². The van der Waals surface area contributed by atoms with E-state index < -0.39 is 27.9 Å². The molecule has 7 nitrogen and oxygen atoms in total. The van der Waals surface area contributed by atoms with Crippen molar-refractivity contribution in [2.45, 2.75) is 61.9 Å². The topological polar surface area (TPSA) is 104 Å². The summed E-state index contributed by atoms with van der Waals surface area (Å²) in [6.45, 7) is 0.368. The Balaban J connectivity index is 1.81. The second kappa shape index (κ2) is 7.75. The summed E-state index contributed by atoms with van der Waals surface area (Å²) in [6.07, 6.45) is 5.60. The molecule has 1 aliphatic carbocycles. The third-order valence-corrected chi connectivity index (χ3v) is 6.64. The van der Waals surface area contributed by atoms with Crippen LogP contribution < -0.4 is 4.72 Å². The van der Waals surface area contributed by atoms with E-state index in [1.54, 1.807) is 0 Å². The number of sulfonamides is 1. The quantitative estimate of drug-likeness (QED) is 0.813. The number of carboxylic acids is 1. The van der Waals surface area contributed by atoms with Gasteiger partial charge in [0.2, 0.25) is 10.0 Å². The van der Waals surface area contributed by atoms with Crippen LogP contribution in [0.5, 0.6) is 0 Å². The predicted octanol–water partition coefficient (Wildman–Crippen LogP) is 1.99. The lowest BCUT2D eigenvalue weighted by atomic mass is 10.0. The average molecular weight is 380 g/mol. The number of nitrogens with zero attached hydrogens (tertiary/aromatic N) is 1. The summed E-state index contributed by atoms with van der Waals surface area (Å²) in [6, 6.07) is 4.94. The minimum atomic E-state index is -3.70. The fourth-order valence-electron chi connectivity index (χ4n) is 3.72. The molecule has 1 saturated heterocycles. The second-order valence-corrected chi connectivity index (χ2v) is 8.69. The summed E-state index contributed by atoms with van der Waals surface area (Å²) in [4.78, 5) is 25.6. The molecule has 2 aliphatic rings. The predicted molar refractivity (Wildman–Crippen MR) is 95.3 cm³/mol. The molecule has 3 rings (SSSR count). The molecule has 1 aromatic rings. The first-order valence-electron chi connectivity index (χ1n) is 9.04. The fourth-order valence-corrected chi connectivity index (χ4v) is 5.08. The van der Waals surface area contributed by atoms with E-state index in [9.17, 15) is 23.1 Å². The van der Waals surface area contributed by atoms with Gasteiger partial charge in [0.05, 0.1) is 4.90 Å². The summed E-state index contributed by atoms with van der Waals surface area (Å²) in [5.74, 6) is -1.46. The zero-order valence-corrected chi connectivity index (χ0v) is 15.4. The molecule has 1 atom stereocenters. The average Bonchev–Trinajstić information content (AvgIpc) is 3.13. The lowest BCUT2D eigenvalue weighted by Crippen LogP contribution is -2.48. The molecule has 1 saturated carbocycles. The Kier molecular flexibility index (Phi) is 5.62. The number of amides is 1. The van der Waals surface area contributed by atoms with Crippen molar-refractivity contribution in [1.82, 2.24) is 9.62 Å². The molecule has 1 aromatic carbocycles. The number of likely N-dealkylation sites (tertiary alicyclic amines) is 1. The fraction of sp³-hybridized carbons (Fsp3) is 0.556. The van der Waals surface area contributed by atoms with E-state index in [0.29, 0.717) is 13.0 Å². The molecule has 0 spiro atoms. The SMILES string of the molecule is O=C(O)[C@@H]1CCCCN1C(=O)c1cccc(S(=O)(=O)NC2CCCC2)c1. The Morgan fingerprint density at radius 2 is 1.77 bits per heavy atom. The first-order chi connectivity index (χ1) is 12.4. The normalized spacial score (nSPS) is 21.7. The van der Waals surface area contributed by atoms with E-state index >= 15 is 0 Å². The molecule has 1 heterocycles. The Labute approximate surface area is 153 Å². The number of aliphatic carboxylic acids is 1. The van der Waals surface area contributed by atoms with Crippen LogP contribution in [0, 0.1) is 0 Å². The van der Waals surface area contributed by atoms with Crippen LogP contribution in [0.1, 0.15) is 55.3 Å². The molecule has 142 valence electrons. The van der Waals surface area contributed by atoms with Gasteiger partial charge in [-0.2, -0.15) is 0 Å². The first kappa shape index (κ1) is 18.8. The minimum absolute atomic E-state index is 0.0409. The lowest BCUT2D eigenvalue weighted by Gasteiger charge is -2.33. The maximum atomic E-state index is 12.8. The highest BCUT2D eigenvalue weighted by Gasteiger charge is 2.33. The van der Waals surface area contributed by atoms with Gasteiger partial charge in [-0.3, -0.25) is 4.79 Å². The molecule has 0 unspecified atom stereocenters. The minimum Gasteiger partial charge on any atom is -0.480 e. The Morgan fingerprint density at radius 1 is 1.08 bits per heavy atom. The first-order valence-corrected chi connectivity index (χ1v) is 10.5. The third-order valence-electron chi connectivity index (χ3n) is 5.12. The van der Waals surface area contributed by atoms with Gasteiger partial charge in [0.25, 0.3) is 5.91 Å². The maximum Gasteiger partial charge on any atom is 0.326 e. The van der Waals surface area contributed by atoms with Crippen LogP contribution in [0.25, 0.3) is 0 Å². The van der Waals surface area contributed by atoms with Gasteiger partial charge in [0.15, 0.2) is 0 Å². The molecule has 1 amide bonds. The van der Waals surface area contributed by atoms with Gasteiger partial charge < -0.3 is 10.0 Å². The molecule has 26 heavy (non-hydrogen) atoms. The molecule has 0 radical (unpaired) electrons. The summed E-state index contributed by atoms with van der Waals surface area (Å²) in [7, 11) is -3.70. The molecule has 1 aliphatic heterocycles. The number of hydrogen-bond donors (Lipinski definition) is 2. The van der Waals surface area contributed by atoms with E-state index in [0.717, 1.165) is 38.5 Å². The van der Waals surface area contributed by atoms with E-state index in [1.807, 2.05) is 0 Å². The van der Waals surface area contributed by atoms with E-state index in [-0.39, 0.29) is 16.5 Å². The van der Waals surface area contributed by atoms with Crippen LogP contribution in [0.15, 0.2) is 29.2 Å². The maximum absolute atomic E-state index is 12.8. The number of carbonyl (C=O) groups is 2. The van der Waals surface area contributed by atoms with Crippen molar-refractivity contribution in [3.8, 4) is 0 Å². The molecule has 2 N–H and O–H groups in total. The molecule has 0 aromatic heterocycles. The van der Waals surface area contributed by atoms with Gasteiger partial charge in [-0.25, -0.2) is 17.9 Å². The Morgan fingerprint density at radius 3 is 2.46 bits per heavy atom. The van der Waals surface area contributed by atoms with E-state index in [1.165, 1.54) is 29.2 Å². The van der Waals surface area contributed by atoms with Crippen molar-refractivity contribution in [3.63, 3.8) is 0 Å². The van der Waals surface area contributed by atoms with Crippen LogP contribution in [0.3, 0.4) is 0 Å². The van der Waals surface area contributed by atoms with Gasteiger partial charge in [0, 0.05) is 18.2 Å². The second-order valence-electron chi connectivity index (χ2n) is 6.98. The number of carbonyl (C=O) groups excluding carboxylic acids is 1. The smallest absolute Gasteiger partial charge is 0.326 e. The zero-order valence-electron chi connectivity index (χ0n) is 14.6.